The minimum atomic E-state index is -0.416. The molecule has 0 saturated carbocycles. The van der Waals surface area contributed by atoms with Gasteiger partial charge in [0.05, 0.1) is 22.2 Å². The summed E-state index contributed by atoms with van der Waals surface area (Å²) in [5.41, 5.74) is 8.06. The van der Waals surface area contributed by atoms with Crippen molar-refractivity contribution < 1.29 is 9.59 Å². The minimum absolute atomic E-state index is 0.00129. The van der Waals surface area contributed by atoms with Crippen LogP contribution in [0.15, 0.2) is 110 Å². The number of nitrogens with zero attached hydrogens (tertiary/aromatic N) is 8. The fourth-order valence-electron chi connectivity index (χ4n) is 7.55. The van der Waals surface area contributed by atoms with Crippen LogP contribution in [0.5, 0.6) is 0 Å². The number of fused-ring (bicyclic) bond motifs is 2. The fraction of sp³-hybridized carbons (Fsp3) is 0.220. The molecule has 6 aromatic rings. The molecule has 262 valence electrons. The molecule has 6 heterocycles. The maximum absolute atomic E-state index is 12.7. The van der Waals surface area contributed by atoms with Gasteiger partial charge in [0.25, 0.3) is 11.8 Å². The number of aromatic amines is 2. The lowest BCUT2D eigenvalue weighted by molar-refractivity contribution is 0.0645. The van der Waals surface area contributed by atoms with E-state index in [0.717, 1.165) is 77.6 Å². The average Bonchev–Trinajstić information content (AvgIpc) is 3.84. The Morgan fingerprint density at radius 2 is 1.04 bits per heavy atom. The van der Waals surface area contributed by atoms with Crippen molar-refractivity contribution in [3.05, 3.63) is 166 Å². The second-order valence-electron chi connectivity index (χ2n) is 13.8. The predicted molar refractivity (Wildman–Crippen MR) is 198 cm³/mol. The van der Waals surface area contributed by atoms with Crippen molar-refractivity contribution in [3.8, 4) is 0 Å². The number of nitrogens with one attached hydrogen (secondary N) is 2. The van der Waals surface area contributed by atoms with Gasteiger partial charge in [0, 0.05) is 73.9 Å². The van der Waals surface area contributed by atoms with Gasteiger partial charge >= 0.3 is 0 Å². The highest BCUT2D eigenvalue weighted by Crippen LogP contribution is 2.42. The van der Waals surface area contributed by atoms with Crippen LogP contribution >= 0.6 is 0 Å². The predicted octanol–water partition coefficient (Wildman–Crippen LogP) is 4.81. The summed E-state index contributed by atoms with van der Waals surface area (Å²) in [6.45, 7) is 3.27. The summed E-state index contributed by atoms with van der Waals surface area (Å²) in [4.78, 5) is 45.9. The summed E-state index contributed by atoms with van der Waals surface area (Å²) in [6, 6.07) is 24.5. The summed E-state index contributed by atoms with van der Waals surface area (Å²) in [5, 5.41) is 14.9. The Bertz CT molecular complexity index is 2250. The summed E-state index contributed by atoms with van der Waals surface area (Å²) in [6.07, 6.45) is 17.4. The maximum atomic E-state index is 12.7. The van der Waals surface area contributed by atoms with E-state index in [2.05, 4.69) is 76.7 Å². The molecule has 2 unspecified atom stereocenters. The SMILES string of the molecule is O=C(c1n[nH]c2c1C=CC(c1ccccc1)(c1ccncn1)C2)N1CC1.O=C(c1n[nH]c2c1C=CC(c1ccccc1)(c1ccncn1)C2)N1CCC1. The highest BCUT2D eigenvalue weighted by Gasteiger charge is 2.41. The number of allylic oxidation sites excluding steroid dienone is 2. The average molecular weight is 701 g/mol. The largest absolute Gasteiger partial charge is 0.337 e. The van der Waals surface area contributed by atoms with Gasteiger partial charge in [-0.25, -0.2) is 19.9 Å². The molecule has 2 saturated heterocycles. The van der Waals surface area contributed by atoms with Crippen LogP contribution < -0.4 is 0 Å². The third-order valence-corrected chi connectivity index (χ3v) is 10.7. The molecule has 2 aliphatic carbocycles. The zero-order valence-electron chi connectivity index (χ0n) is 28.9. The summed E-state index contributed by atoms with van der Waals surface area (Å²) in [5.74, 6) is 0.0130. The standard InChI is InChI=1S/C21H19N5O.C20H17N5O/c27-20(26-11-4-12-26)19-16-7-9-21(13-17(16)24-25-19,15-5-2-1-3-6-15)18-8-10-22-14-23-18;26-19(25-10-11-25)18-15-6-8-20(12-16(15)23-24-18,14-4-2-1-3-5-14)17-7-9-21-13-22-17/h1-3,5-10,14H,4,11-13H2,(H,24,25);1-9,13H,10-12H2,(H,23,24). The molecule has 2 amide bonds. The summed E-state index contributed by atoms with van der Waals surface area (Å²) < 4.78 is 0. The number of amides is 2. The van der Waals surface area contributed by atoms with Crippen LogP contribution in [-0.4, -0.2) is 88.1 Å². The number of hydrogen-bond acceptors (Lipinski definition) is 8. The van der Waals surface area contributed by atoms with Crippen molar-refractivity contribution in [3.63, 3.8) is 0 Å². The van der Waals surface area contributed by atoms with Gasteiger partial charge in [0.1, 0.15) is 12.7 Å². The highest BCUT2D eigenvalue weighted by molar-refractivity contribution is 5.98. The lowest BCUT2D eigenvalue weighted by Crippen LogP contribution is -2.42. The number of benzene rings is 2. The van der Waals surface area contributed by atoms with Gasteiger partial charge in [-0.3, -0.25) is 19.8 Å². The van der Waals surface area contributed by atoms with Crippen LogP contribution in [0, 0.1) is 0 Å². The number of carbonyl (C=O) groups is 2. The molecule has 0 bridgehead atoms. The van der Waals surface area contributed by atoms with Crippen LogP contribution in [0.3, 0.4) is 0 Å². The van der Waals surface area contributed by atoms with Gasteiger partial charge in [0.2, 0.25) is 0 Å². The fourth-order valence-corrected chi connectivity index (χ4v) is 7.55. The third-order valence-electron chi connectivity index (χ3n) is 10.7. The zero-order chi connectivity index (χ0) is 35.8. The van der Waals surface area contributed by atoms with E-state index in [1.807, 2.05) is 65.6 Å². The number of carbonyl (C=O) groups excluding carboxylic acids is 2. The molecule has 2 atom stereocenters. The molecule has 4 aliphatic rings. The second kappa shape index (κ2) is 13.2. The monoisotopic (exact) mass is 700 g/mol. The molecule has 2 fully saturated rings. The van der Waals surface area contributed by atoms with Gasteiger partial charge < -0.3 is 9.80 Å². The molecule has 12 nitrogen and oxygen atoms in total. The van der Waals surface area contributed by atoms with E-state index in [9.17, 15) is 9.59 Å². The van der Waals surface area contributed by atoms with E-state index in [0.29, 0.717) is 24.2 Å². The van der Waals surface area contributed by atoms with Gasteiger partial charge in [0.15, 0.2) is 11.4 Å². The Balaban J connectivity index is 0.000000141. The molecule has 0 spiro atoms. The van der Waals surface area contributed by atoms with Crippen molar-refractivity contribution in [1.82, 2.24) is 50.1 Å². The molecular formula is C41H36N10O2. The molecule has 12 heteroatoms. The number of likely N-dealkylation sites (tertiary alicyclic amines) is 1. The minimum Gasteiger partial charge on any atom is -0.337 e. The first-order chi connectivity index (χ1) is 26.1. The molecule has 10 rings (SSSR count). The Kier molecular flexibility index (Phi) is 8.06. The Morgan fingerprint density at radius 3 is 1.42 bits per heavy atom. The molecule has 2 aromatic carbocycles. The van der Waals surface area contributed by atoms with Gasteiger partial charge in [-0.1, -0.05) is 85.0 Å². The van der Waals surface area contributed by atoms with Gasteiger partial charge in [-0.2, -0.15) is 10.2 Å². The third kappa shape index (κ3) is 5.72. The van der Waals surface area contributed by atoms with E-state index >= 15 is 0 Å². The van der Waals surface area contributed by atoms with E-state index in [1.54, 1.807) is 29.9 Å². The quantitative estimate of drug-likeness (QED) is 0.235. The lowest BCUT2D eigenvalue weighted by atomic mass is 9.70. The zero-order valence-corrected chi connectivity index (χ0v) is 28.9. The summed E-state index contributed by atoms with van der Waals surface area (Å²) in [7, 11) is 0. The van der Waals surface area contributed by atoms with Crippen LogP contribution in [0.25, 0.3) is 12.2 Å². The van der Waals surface area contributed by atoms with Crippen molar-refractivity contribution >= 4 is 24.0 Å². The number of rotatable bonds is 6. The molecule has 0 radical (unpaired) electrons. The van der Waals surface area contributed by atoms with Crippen LogP contribution in [0.4, 0.5) is 0 Å². The highest BCUT2D eigenvalue weighted by atomic mass is 16.2. The molecule has 2 N–H and O–H groups in total. The molecule has 2 aliphatic heterocycles. The lowest BCUT2D eigenvalue weighted by Gasteiger charge is -2.33. The first kappa shape index (κ1) is 32.4. The maximum Gasteiger partial charge on any atom is 0.275 e. The first-order valence-corrected chi connectivity index (χ1v) is 17.8. The molecule has 4 aromatic heterocycles. The van der Waals surface area contributed by atoms with E-state index < -0.39 is 10.8 Å². The number of H-pyrrole nitrogens is 2. The van der Waals surface area contributed by atoms with Crippen LogP contribution in [0.2, 0.25) is 0 Å². The van der Waals surface area contributed by atoms with Crippen molar-refractivity contribution in [2.45, 2.75) is 30.1 Å². The van der Waals surface area contributed by atoms with E-state index in [4.69, 9.17) is 0 Å². The van der Waals surface area contributed by atoms with Crippen LogP contribution in [-0.2, 0) is 23.7 Å². The first-order valence-electron chi connectivity index (χ1n) is 17.8. The van der Waals surface area contributed by atoms with Gasteiger partial charge in [-0.15, -0.1) is 0 Å². The normalized spacial score (nSPS) is 20.8. The van der Waals surface area contributed by atoms with Gasteiger partial charge in [-0.05, 0) is 29.7 Å². The Hall–Kier alpha value is -6.56. The Morgan fingerprint density at radius 1 is 0.585 bits per heavy atom. The number of hydrogen-bond donors (Lipinski definition) is 2. The topological polar surface area (TPSA) is 149 Å². The van der Waals surface area contributed by atoms with E-state index in [-0.39, 0.29) is 11.8 Å². The van der Waals surface area contributed by atoms with Crippen molar-refractivity contribution in [2.75, 3.05) is 26.2 Å². The smallest absolute Gasteiger partial charge is 0.275 e. The van der Waals surface area contributed by atoms with Crippen LogP contribution in [0.1, 0.15) is 72.4 Å². The molecule has 53 heavy (non-hydrogen) atoms. The van der Waals surface area contributed by atoms with E-state index in [1.165, 1.54) is 0 Å². The van der Waals surface area contributed by atoms with Crippen molar-refractivity contribution in [2.24, 2.45) is 0 Å². The van der Waals surface area contributed by atoms with Crippen molar-refractivity contribution in [1.29, 1.82) is 0 Å². The number of aromatic nitrogens is 8. The Labute approximate surface area is 305 Å². The molecular weight excluding hydrogens is 665 g/mol. The second-order valence-corrected chi connectivity index (χ2v) is 13.8. The summed E-state index contributed by atoms with van der Waals surface area (Å²) >= 11 is 0.